The number of hydrogen-bond acceptors (Lipinski definition) is 2. The van der Waals surface area contributed by atoms with Crippen LogP contribution in [0.1, 0.15) is 19.8 Å². The van der Waals surface area contributed by atoms with Crippen molar-refractivity contribution in [2.24, 2.45) is 4.99 Å². The molecule has 15 heavy (non-hydrogen) atoms. The average Bonchev–Trinajstić information content (AvgIpc) is 2.47. The third kappa shape index (κ3) is 4.93. The van der Waals surface area contributed by atoms with Gasteiger partial charge >= 0.3 is 6.18 Å². The minimum Gasteiger partial charge on any atom is -0.351 e. The lowest BCUT2D eigenvalue weighted by molar-refractivity contribution is -0.0673. The van der Waals surface area contributed by atoms with E-state index in [0.29, 0.717) is 13.1 Å². The van der Waals surface area contributed by atoms with E-state index >= 15 is 0 Å². The van der Waals surface area contributed by atoms with E-state index < -0.39 is 12.0 Å². The van der Waals surface area contributed by atoms with Crippen molar-refractivity contribution >= 4 is 30.6 Å². The SMILES string of the molecule is CCCCN1CCN=C1C(F)(F)F.Cl.Cl. The summed E-state index contributed by atoms with van der Waals surface area (Å²) in [5.74, 6) is -0.694. The van der Waals surface area contributed by atoms with Crippen molar-refractivity contribution in [3.8, 4) is 0 Å². The molecule has 0 aromatic carbocycles. The Labute approximate surface area is 99.7 Å². The molecule has 0 aromatic heterocycles. The molecule has 1 aliphatic heterocycles. The van der Waals surface area contributed by atoms with Gasteiger partial charge in [-0.25, -0.2) is 0 Å². The molecular formula is C8H15Cl2F3N2. The normalized spacial score (nSPS) is 15.5. The number of halogens is 5. The molecule has 0 saturated carbocycles. The minimum absolute atomic E-state index is 0. The Hall–Kier alpha value is -0.160. The van der Waals surface area contributed by atoms with Crippen LogP contribution in [0.3, 0.4) is 0 Å². The highest BCUT2D eigenvalue weighted by molar-refractivity contribution is 5.88. The molecule has 1 rings (SSSR count). The largest absolute Gasteiger partial charge is 0.449 e. The van der Waals surface area contributed by atoms with Gasteiger partial charge in [-0.05, 0) is 6.42 Å². The summed E-state index contributed by atoms with van der Waals surface area (Å²) in [6.07, 6.45) is -2.58. The smallest absolute Gasteiger partial charge is 0.351 e. The zero-order valence-corrected chi connectivity index (χ0v) is 10.0. The number of amidine groups is 1. The Morgan fingerprint density at radius 1 is 1.33 bits per heavy atom. The van der Waals surface area contributed by atoms with E-state index in [9.17, 15) is 13.2 Å². The van der Waals surface area contributed by atoms with Crippen LogP contribution in [-0.2, 0) is 0 Å². The van der Waals surface area contributed by atoms with Gasteiger partial charge in [0.25, 0.3) is 0 Å². The van der Waals surface area contributed by atoms with Crippen molar-refractivity contribution in [2.75, 3.05) is 19.6 Å². The number of rotatable bonds is 3. The summed E-state index contributed by atoms with van der Waals surface area (Å²) in [5.41, 5.74) is 0. The maximum absolute atomic E-state index is 12.3. The number of alkyl halides is 3. The second-order valence-electron chi connectivity index (χ2n) is 3.04. The molecule has 0 fully saturated rings. The fourth-order valence-electron chi connectivity index (χ4n) is 1.32. The Kier molecular flexibility index (Phi) is 8.24. The van der Waals surface area contributed by atoms with Gasteiger partial charge in [-0.15, -0.1) is 24.8 Å². The molecule has 0 radical (unpaired) electrons. The highest BCUT2D eigenvalue weighted by Gasteiger charge is 2.41. The molecule has 2 nitrogen and oxygen atoms in total. The summed E-state index contributed by atoms with van der Waals surface area (Å²) in [6, 6.07) is 0. The van der Waals surface area contributed by atoms with Gasteiger partial charge in [0.05, 0.1) is 6.54 Å². The summed E-state index contributed by atoms with van der Waals surface area (Å²) in [7, 11) is 0. The Bertz CT molecular complexity index is 207. The van der Waals surface area contributed by atoms with Crippen molar-refractivity contribution < 1.29 is 13.2 Å². The van der Waals surface area contributed by atoms with E-state index in [4.69, 9.17) is 0 Å². The van der Waals surface area contributed by atoms with Crippen molar-refractivity contribution in [3.63, 3.8) is 0 Å². The van der Waals surface area contributed by atoms with Gasteiger partial charge in [-0.3, -0.25) is 4.99 Å². The lowest BCUT2D eigenvalue weighted by Crippen LogP contribution is -2.38. The van der Waals surface area contributed by atoms with E-state index in [1.165, 1.54) is 4.90 Å². The number of nitrogens with zero attached hydrogens (tertiary/aromatic N) is 2. The maximum atomic E-state index is 12.3. The lowest BCUT2D eigenvalue weighted by Gasteiger charge is -2.21. The van der Waals surface area contributed by atoms with Gasteiger partial charge in [0.2, 0.25) is 5.84 Å². The number of aliphatic imine (C=N–C) groups is 1. The van der Waals surface area contributed by atoms with Crippen LogP contribution in [0.2, 0.25) is 0 Å². The van der Waals surface area contributed by atoms with E-state index in [2.05, 4.69) is 4.99 Å². The molecule has 0 aromatic rings. The van der Waals surface area contributed by atoms with Crippen molar-refractivity contribution in [2.45, 2.75) is 25.9 Å². The molecule has 0 spiro atoms. The van der Waals surface area contributed by atoms with Crippen LogP contribution in [0.5, 0.6) is 0 Å². The van der Waals surface area contributed by atoms with Crippen LogP contribution in [0, 0.1) is 0 Å². The van der Waals surface area contributed by atoms with Gasteiger partial charge in [-0.1, -0.05) is 13.3 Å². The molecule has 0 unspecified atom stereocenters. The molecule has 0 amide bonds. The first-order valence-corrected chi connectivity index (χ1v) is 4.42. The zero-order valence-electron chi connectivity index (χ0n) is 8.38. The molecule has 0 saturated heterocycles. The molecule has 92 valence electrons. The van der Waals surface area contributed by atoms with Crippen LogP contribution < -0.4 is 0 Å². The topological polar surface area (TPSA) is 15.6 Å². The Balaban J connectivity index is 0. The Morgan fingerprint density at radius 3 is 2.40 bits per heavy atom. The highest BCUT2D eigenvalue weighted by atomic mass is 35.5. The fraction of sp³-hybridized carbons (Fsp3) is 0.875. The second-order valence-corrected chi connectivity index (χ2v) is 3.04. The Morgan fingerprint density at radius 2 is 1.93 bits per heavy atom. The average molecular weight is 267 g/mol. The van der Waals surface area contributed by atoms with Crippen LogP contribution in [0.15, 0.2) is 4.99 Å². The second kappa shape index (κ2) is 7.17. The summed E-state index contributed by atoms with van der Waals surface area (Å²) in [5, 5.41) is 0. The van der Waals surface area contributed by atoms with Gasteiger partial charge in [-0.2, -0.15) is 13.2 Å². The highest BCUT2D eigenvalue weighted by Crippen LogP contribution is 2.22. The zero-order chi connectivity index (χ0) is 9.90. The standard InChI is InChI=1S/C8H13F3N2.2ClH/c1-2-3-5-13-6-4-12-7(13)8(9,10)11;;/h2-6H2,1H3;2*1H. The van der Waals surface area contributed by atoms with Crippen LogP contribution in [0.25, 0.3) is 0 Å². The quantitative estimate of drug-likeness (QED) is 0.767. The first-order chi connectivity index (χ1) is 6.05. The molecular weight excluding hydrogens is 252 g/mol. The first-order valence-electron chi connectivity index (χ1n) is 4.42. The monoisotopic (exact) mass is 266 g/mol. The van der Waals surface area contributed by atoms with Crippen LogP contribution >= 0.6 is 24.8 Å². The molecule has 1 aliphatic rings. The van der Waals surface area contributed by atoms with Crippen molar-refractivity contribution in [3.05, 3.63) is 0 Å². The minimum atomic E-state index is -4.27. The fourth-order valence-corrected chi connectivity index (χ4v) is 1.32. The van der Waals surface area contributed by atoms with Gasteiger partial charge < -0.3 is 4.90 Å². The molecule has 0 atom stereocenters. The number of hydrogen-bond donors (Lipinski definition) is 0. The predicted octanol–water partition coefficient (Wildman–Crippen LogP) is 2.91. The van der Waals surface area contributed by atoms with E-state index in [1.807, 2.05) is 6.92 Å². The summed E-state index contributed by atoms with van der Waals surface area (Å²) in [4.78, 5) is 4.78. The van der Waals surface area contributed by atoms with E-state index in [0.717, 1.165) is 12.8 Å². The summed E-state index contributed by atoms with van der Waals surface area (Å²) in [6.45, 7) is 3.11. The van der Waals surface area contributed by atoms with Crippen molar-refractivity contribution in [1.29, 1.82) is 0 Å². The van der Waals surface area contributed by atoms with Crippen molar-refractivity contribution in [1.82, 2.24) is 4.90 Å². The van der Waals surface area contributed by atoms with Crippen LogP contribution in [-0.4, -0.2) is 36.5 Å². The lowest BCUT2D eigenvalue weighted by atomic mass is 10.3. The molecule has 7 heteroatoms. The molecule has 0 N–H and O–H groups in total. The third-order valence-electron chi connectivity index (χ3n) is 1.97. The molecule has 0 bridgehead atoms. The molecule has 1 heterocycles. The number of unbranched alkanes of at least 4 members (excludes halogenated alkanes) is 1. The summed E-state index contributed by atoms with van der Waals surface area (Å²) < 4.78 is 36.8. The summed E-state index contributed by atoms with van der Waals surface area (Å²) >= 11 is 0. The van der Waals surface area contributed by atoms with Gasteiger partial charge in [0, 0.05) is 13.1 Å². The molecule has 0 aliphatic carbocycles. The first kappa shape index (κ1) is 17.2. The predicted molar refractivity (Wildman–Crippen MR) is 59.3 cm³/mol. The van der Waals surface area contributed by atoms with Gasteiger partial charge in [0.1, 0.15) is 0 Å². The third-order valence-corrected chi connectivity index (χ3v) is 1.97. The maximum Gasteiger partial charge on any atom is 0.449 e. The van der Waals surface area contributed by atoms with E-state index in [-0.39, 0.29) is 31.4 Å². The van der Waals surface area contributed by atoms with E-state index in [1.54, 1.807) is 0 Å². The van der Waals surface area contributed by atoms with Crippen LogP contribution in [0.4, 0.5) is 13.2 Å². The van der Waals surface area contributed by atoms with Gasteiger partial charge in [0.15, 0.2) is 0 Å².